The Labute approximate surface area is 108 Å². The highest BCUT2D eigenvalue weighted by Gasteiger charge is 2.14. The number of fused-ring (bicyclic) bond motifs is 1. The zero-order valence-electron chi connectivity index (χ0n) is 10.2. The van der Waals surface area contributed by atoms with E-state index in [9.17, 15) is 18.0 Å². The second-order valence-electron chi connectivity index (χ2n) is 4.38. The highest BCUT2D eigenvalue weighted by Crippen LogP contribution is 2.14. The van der Waals surface area contributed by atoms with Gasteiger partial charge in [-0.05, 0) is 32.0 Å². The van der Waals surface area contributed by atoms with Gasteiger partial charge in [0.05, 0.1) is 15.8 Å². The molecule has 7 nitrogen and oxygen atoms in total. The first-order valence-electron chi connectivity index (χ1n) is 5.48. The second kappa shape index (κ2) is 4.32. The maximum atomic E-state index is 12.1. The fraction of sp³-hybridized carbons (Fsp3) is 0.273. The molecule has 0 unspecified atom stereocenters. The Kier molecular flexibility index (Phi) is 3.07. The quantitative estimate of drug-likeness (QED) is 0.781. The number of H-pyrrole nitrogens is 1. The Bertz CT molecular complexity index is 861. The Morgan fingerprint density at radius 1 is 1.26 bits per heavy atom. The van der Waals surface area contributed by atoms with Gasteiger partial charge in [-0.25, -0.2) is 4.79 Å². The third-order valence-electron chi connectivity index (χ3n) is 2.71. The molecule has 1 aromatic heterocycles. The summed E-state index contributed by atoms with van der Waals surface area (Å²) in [5.41, 5.74) is -0.939. The summed E-state index contributed by atoms with van der Waals surface area (Å²) in [4.78, 5) is 26.0. The first kappa shape index (κ1) is 13.5. The number of nitrogens with one attached hydrogen (secondary N) is 1. The van der Waals surface area contributed by atoms with Crippen molar-refractivity contribution >= 4 is 21.0 Å². The molecule has 102 valence electrons. The molecular weight excluding hydrogens is 272 g/mol. The van der Waals surface area contributed by atoms with Crippen LogP contribution in [0.2, 0.25) is 0 Å². The standard InChI is InChI=1S/C11H12N2O5S/c1-6(2)13-10(14)8-5-7(19(16,17)18)3-4-9(8)12-11(13)15/h3-6H,1-2H3,(H,12,15)(H,16,17,18). The van der Waals surface area contributed by atoms with Crippen molar-refractivity contribution in [1.82, 2.24) is 9.55 Å². The van der Waals surface area contributed by atoms with Crippen LogP contribution in [0.4, 0.5) is 0 Å². The Balaban J connectivity index is 2.94. The van der Waals surface area contributed by atoms with Crippen molar-refractivity contribution in [3.8, 4) is 0 Å². The lowest BCUT2D eigenvalue weighted by Crippen LogP contribution is -2.36. The summed E-state index contributed by atoms with van der Waals surface area (Å²) in [6.07, 6.45) is 0. The largest absolute Gasteiger partial charge is 0.329 e. The summed E-state index contributed by atoms with van der Waals surface area (Å²) in [6.45, 7) is 3.32. The molecule has 2 aromatic rings. The molecule has 0 bridgehead atoms. The molecule has 0 spiro atoms. The summed E-state index contributed by atoms with van der Waals surface area (Å²) in [5, 5.41) is 0.0309. The van der Waals surface area contributed by atoms with Crippen molar-refractivity contribution in [3.05, 3.63) is 39.0 Å². The third-order valence-corrected chi connectivity index (χ3v) is 3.56. The molecule has 1 heterocycles. The van der Waals surface area contributed by atoms with Crippen molar-refractivity contribution in [3.63, 3.8) is 0 Å². The SMILES string of the molecule is CC(C)n1c(=O)[nH]c2ccc(S(=O)(=O)O)cc2c1=O. The number of rotatable bonds is 2. The number of hydrogen-bond acceptors (Lipinski definition) is 4. The van der Waals surface area contributed by atoms with E-state index in [0.717, 1.165) is 16.7 Å². The molecule has 2 rings (SSSR count). The van der Waals surface area contributed by atoms with Crippen LogP contribution in [0, 0.1) is 0 Å². The van der Waals surface area contributed by atoms with E-state index >= 15 is 0 Å². The van der Waals surface area contributed by atoms with E-state index < -0.39 is 21.4 Å². The minimum absolute atomic E-state index is 0.0309. The number of nitrogens with zero attached hydrogens (tertiary/aromatic N) is 1. The summed E-state index contributed by atoms with van der Waals surface area (Å²) in [5.74, 6) is 0. The average molecular weight is 284 g/mol. The van der Waals surface area contributed by atoms with E-state index in [0.29, 0.717) is 0 Å². The minimum Gasteiger partial charge on any atom is -0.307 e. The third kappa shape index (κ3) is 2.32. The fourth-order valence-corrected chi connectivity index (χ4v) is 2.34. The van der Waals surface area contributed by atoms with Gasteiger partial charge in [0, 0.05) is 6.04 Å². The Morgan fingerprint density at radius 3 is 2.42 bits per heavy atom. The van der Waals surface area contributed by atoms with E-state index in [4.69, 9.17) is 4.55 Å². The van der Waals surface area contributed by atoms with Crippen LogP contribution in [0.25, 0.3) is 10.9 Å². The topological polar surface area (TPSA) is 109 Å². The molecule has 8 heteroatoms. The van der Waals surface area contributed by atoms with Gasteiger partial charge in [-0.2, -0.15) is 8.42 Å². The van der Waals surface area contributed by atoms with Gasteiger partial charge in [-0.1, -0.05) is 0 Å². The minimum atomic E-state index is -4.39. The molecule has 0 amide bonds. The molecule has 0 saturated heterocycles. The molecule has 0 saturated carbocycles. The maximum absolute atomic E-state index is 12.1. The Morgan fingerprint density at radius 2 is 1.89 bits per heavy atom. The van der Waals surface area contributed by atoms with E-state index in [1.54, 1.807) is 13.8 Å². The van der Waals surface area contributed by atoms with E-state index in [-0.39, 0.29) is 21.8 Å². The molecule has 0 aliphatic heterocycles. The number of aromatic nitrogens is 2. The molecule has 1 aromatic carbocycles. The summed E-state index contributed by atoms with van der Waals surface area (Å²) >= 11 is 0. The average Bonchev–Trinajstić information content (AvgIpc) is 2.26. The predicted molar refractivity (Wildman–Crippen MR) is 69.0 cm³/mol. The van der Waals surface area contributed by atoms with Crippen molar-refractivity contribution in [2.45, 2.75) is 24.8 Å². The summed E-state index contributed by atoms with van der Waals surface area (Å²) in [7, 11) is -4.39. The lowest BCUT2D eigenvalue weighted by Gasteiger charge is -2.09. The number of hydrogen-bond donors (Lipinski definition) is 2. The van der Waals surface area contributed by atoms with Crippen LogP contribution in [-0.2, 0) is 10.1 Å². The van der Waals surface area contributed by atoms with Gasteiger partial charge in [0.1, 0.15) is 0 Å². The van der Waals surface area contributed by atoms with Crippen LogP contribution in [0.5, 0.6) is 0 Å². The molecule has 19 heavy (non-hydrogen) atoms. The molecule has 0 aliphatic carbocycles. The van der Waals surface area contributed by atoms with Gasteiger partial charge >= 0.3 is 5.69 Å². The van der Waals surface area contributed by atoms with Crippen LogP contribution in [0.1, 0.15) is 19.9 Å². The van der Waals surface area contributed by atoms with Gasteiger partial charge in [0.15, 0.2) is 0 Å². The predicted octanol–water partition coefficient (Wildman–Crippen LogP) is 0.517. The molecule has 0 aliphatic rings. The van der Waals surface area contributed by atoms with Crippen LogP contribution >= 0.6 is 0 Å². The number of aromatic amines is 1. The molecule has 0 atom stereocenters. The maximum Gasteiger partial charge on any atom is 0.329 e. The highest BCUT2D eigenvalue weighted by atomic mass is 32.2. The number of benzene rings is 1. The van der Waals surface area contributed by atoms with E-state index in [1.807, 2.05) is 0 Å². The lowest BCUT2D eigenvalue weighted by molar-refractivity contribution is 0.483. The van der Waals surface area contributed by atoms with Crippen molar-refractivity contribution in [2.75, 3.05) is 0 Å². The summed E-state index contributed by atoms with van der Waals surface area (Å²) < 4.78 is 32.0. The molecule has 0 radical (unpaired) electrons. The Hall–Kier alpha value is -1.93. The van der Waals surface area contributed by atoms with E-state index in [2.05, 4.69) is 4.98 Å². The van der Waals surface area contributed by atoms with E-state index in [1.165, 1.54) is 6.07 Å². The van der Waals surface area contributed by atoms with Crippen molar-refractivity contribution in [2.24, 2.45) is 0 Å². The van der Waals surface area contributed by atoms with Crippen LogP contribution < -0.4 is 11.2 Å². The first-order valence-corrected chi connectivity index (χ1v) is 6.92. The highest BCUT2D eigenvalue weighted by molar-refractivity contribution is 7.85. The zero-order valence-corrected chi connectivity index (χ0v) is 11.1. The smallest absolute Gasteiger partial charge is 0.307 e. The normalized spacial score (nSPS) is 12.2. The monoisotopic (exact) mass is 284 g/mol. The van der Waals surface area contributed by atoms with Gasteiger partial charge in [0.25, 0.3) is 15.7 Å². The second-order valence-corrected chi connectivity index (χ2v) is 5.80. The van der Waals surface area contributed by atoms with Gasteiger partial charge in [0.2, 0.25) is 0 Å². The van der Waals surface area contributed by atoms with Crippen LogP contribution in [0.15, 0.2) is 32.7 Å². The lowest BCUT2D eigenvalue weighted by atomic mass is 10.2. The van der Waals surface area contributed by atoms with Crippen LogP contribution in [0.3, 0.4) is 0 Å². The first-order chi connectivity index (χ1) is 8.71. The molecule has 2 N–H and O–H groups in total. The van der Waals surface area contributed by atoms with Gasteiger partial charge in [-0.3, -0.25) is 13.9 Å². The van der Waals surface area contributed by atoms with Gasteiger partial charge < -0.3 is 4.98 Å². The molecular formula is C11H12N2O5S. The molecule has 0 fully saturated rings. The summed E-state index contributed by atoms with van der Waals surface area (Å²) in [6, 6.07) is 3.07. The van der Waals surface area contributed by atoms with Crippen molar-refractivity contribution in [1.29, 1.82) is 0 Å². The zero-order chi connectivity index (χ0) is 14.4. The van der Waals surface area contributed by atoms with Gasteiger partial charge in [-0.15, -0.1) is 0 Å². The van der Waals surface area contributed by atoms with Crippen molar-refractivity contribution < 1.29 is 13.0 Å². The fourth-order valence-electron chi connectivity index (χ4n) is 1.84. The van der Waals surface area contributed by atoms with Crippen LogP contribution in [-0.4, -0.2) is 22.5 Å².